The summed E-state index contributed by atoms with van der Waals surface area (Å²) in [5, 5.41) is 14.9. The van der Waals surface area contributed by atoms with Gasteiger partial charge in [-0.25, -0.2) is 13.6 Å². The maximum Gasteiger partial charge on any atom is 0.471 e. The molecule has 121 heavy (non-hydrogen) atoms. The van der Waals surface area contributed by atoms with Crippen LogP contribution >= 0.6 is 0 Å². The molecule has 4 amide bonds. The summed E-state index contributed by atoms with van der Waals surface area (Å²) < 4.78 is 81.9. The van der Waals surface area contributed by atoms with Gasteiger partial charge in [0.2, 0.25) is 10.0 Å². The molecule has 5 fully saturated rings. The minimum atomic E-state index is -4.88. The number of hydrogen-bond acceptors (Lipinski definition) is 18. The van der Waals surface area contributed by atoms with Crippen molar-refractivity contribution in [2.24, 2.45) is 45.5 Å². The maximum absolute atomic E-state index is 12.9. The number of amides is 4. The third-order valence-electron chi connectivity index (χ3n) is 21.0. The third-order valence-corrected chi connectivity index (χ3v) is 22.0. The Morgan fingerprint density at radius 2 is 0.810 bits per heavy atom. The van der Waals surface area contributed by atoms with E-state index in [-0.39, 0.29) is 57.0 Å². The van der Waals surface area contributed by atoms with Crippen LogP contribution in [0.4, 0.5) is 13.2 Å². The minimum absolute atomic E-state index is 0. The van der Waals surface area contributed by atoms with Gasteiger partial charge in [-0.15, -0.1) is 0 Å². The zero-order valence-corrected chi connectivity index (χ0v) is 75.3. The number of likely N-dealkylation sites (tertiary alicyclic amines) is 1. The fraction of sp³-hybridized carbons (Fsp3) is 0.511. The van der Waals surface area contributed by atoms with Gasteiger partial charge in [-0.05, 0) is 297 Å². The number of ether oxygens (including phenoxy) is 3. The highest BCUT2D eigenvalue weighted by molar-refractivity contribution is 7.89. The van der Waals surface area contributed by atoms with Gasteiger partial charge in [-0.3, -0.25) is 19.2 Å². The zero-order valence-electron chi connectivity index (χ0n) is 74.5. The van der Waals surface area contributed by atoms with E-state index in [1.807, 2.05) is 161 Å². The number of primary sulfonamides is 1. The van der Waals surface area contributed by atoms with Crippen LogP contribution in [0.25, 0.3) is 16.7 Å². The number of carbonyl (C=O) groups excluding carboxylic acids is 4. The number of sulfonamides is 1. The van der Waals surface area contributed by atoms with Gasteiger partial charge in [-0.1, -0.05) is 87.4 Å². The van der Waals surface area contributed by atoms with Gasteiger partial charge >= 0.3 is 12.1 Å². The second-order valence-corrected chi connectivity index (χ2v) is 32.8. The average Bonchev–Trinajstić information content (AvgIpc) is 1.76. The topological polar surface area (TPSA) is 361 Å². The van der Waals surface area contributed by atoms with Crippen LogP contribution in [-0.4, -0.2) is 206 Å². The quantitative estimate of drug-likeness (QED) is 0.0456. The summed E-state index contributed by atoms with van der Waals surface area (Å²) in [6, 6.07) is 40.8. The number of nitrogens with zero attached hydrogens (tertiary/aromatic N) is 4. The predicted octanol–water partition coefficient (Wildman–Crippen LogP) is 13.4. The Hall–Kier alpha value is -8.84. The van der Waals surface area contributed by atoms with Crippen molar-refractivity contribution in [3.05, 3.63) is 207 Å². The number of aryl methyl sites for hydroxylation is 2. The van der Waals surface area contributed by atoms with Crippen LogP contribution < -0.4 is 69.7 Å². The first-order valence-corrected chi connectivity index (χ1v) is 44.6. The van der Waals surface area contributed by atoms with Gasteiger partial charge < -0.3 is 84.2 Å². The molecule has 2 saturated carbocycles. The molecule has 6 aromatic carbocycles. The lowest BCUT2D eigenvalue weighted by molar-refractivity contribution is -0.187. The molecule has 0 radical (unpaired) electrons. The molecular formula is C94H145F3N14O9S. The molecule has 672 valence electrons. The summed E-state index contributed by atoms with van der Waals surface area (Å²) in [6.07, 6.45) is 12.0. The Balaban J connectivity index is 0.000000414. The van der Waals surface area contributed by atoms with Crippen molar-refractivity contribution in [1.82, 2.24) is 35.6 Å². The van der Waals surface area contributed by atoms with E-state index >= 15 is 0 Å². The first-order valence-electron chi connectivity index (χ1n) is 43.1. The highest BCUT2D eigenvalue weighted by Crippen LogP contribution is 2.47. The lowest BCUT2D eigenvalue weighted by atomic mass is 9.82. The van der Waals surface area contributed by atoms with Gasteiger partial charge in [0.25, 0.3) is 17.7 Å². The third kappa shape index (κ3) is 30.9. The number of nitrogens with two attached hydrogens (primary N) is 7. The molecule has 27 heteroatoms. The highest BCUT2D eigenvalue weighted by Gasteiger charge is 2.47. The fourth-order valence-electron chi connectivity index (χ4n) is 14.0. The molecule has 23 nitrogen and oxygen atoms in total. The van der Waals surface area contributed by atoms with E-state index in [2.05, 4.69) is 78.0 Å². The molecule has 0 atom stereocenters. The summed E-state index contributed by atoms with van der Waals surface area (Å²) in [6.45, 7) is 33.8. The van der Waals surface area contributed by atoms with Gasteiger partial charge in [-0.2, -0.15) is 13.2 Å². The molecule has 14 rings (SSSR count). The molecule has 8 aliphatic rings. The van der Waals surface area contributed by atoms with Crippen molar-refractivity contribution in [3.63, 3.8) is 0 Å². The second-order valence-electron chi connectivity index (χ2n) is 31.3. The van der Waals surface area contributed by atoms with E-state index in [0.29, 0.717) is 66.5 Å². The molecule has 0 unspecified atom stereocenters. The van der Waals surface area contributed by atoms with Crippen molar-refractivity contribution < 1.29 is 57.8 Å². The Bertz CT molecular complexity index is 4410. The highest BCUT2D eigenvalue weighted by atomic mass is 32.2. The Labute approximate surface area is 722 Å². The molecule has 0 bridgehead atoms. The molecule has 17 N–H and O–H groups in total. The number of hydrogen-bond donors (Lipinski definition) is 10. The number of alkyl halides is 3. The average molecular weight is 1700 g/mol. The number of benzene rings is 6. The number of piperidine rings is 3. The Morgan fingerprint density at radius 1 is 0.529 bits per heavy atom. The molecule has 0 aromatic heterocycles. The lowest BCUT2D eigenvalue weighted by Gasteiger charge is -2.43. The second kappa shape index (κ2) is 50.1. The van der Waals surface area contributed by atoms with Crippen LogP contribution in [-0.2, 0) is 14.8 Å². The van der Waals surface area contributed by atoms with E-state index in [1.54, 1.807) is 34.1 Å². The summed E-state index contributed by atoms with van der Waals surface area (Å²) in [5.74, 6) is 1.41. The van der Waals surface area contributed by atoms with E-state index in [0.717, 1.165) is 158 Å². The van der Waals surface area contributed by atoms with Crippen molar-refractivity contribution in [2.45, 2.75) is 194 Å². The number of fused-ring (bicyclic) bond motifs is 3. The lowest BCUT2D eigenvalue weighted by Crippen LogP contribution is -2.52. The van der Waals surface area contributed by atoms with Crippen LogP contribution in [0.3, 0.4) is 0 Å². The van der Waals surface area contributed by atoms with Gasteiger partial charge in [0.15, 0.2) is 0 Å². The molecule has 3 saturated heterocycles. The van der Waals surface area contributed by atoms with E-state index in [9.17, 15) is 40.8 Å². The summed E-state index contributed by atoms with van der Waals surface area (Å²) in [4.78, 5) is 56.1. The number of rotatable bonds is 15. The zero-order chi connectivity index (χ0) is 89.8. The standard InChI is InChI=1S/C27H29F3N2O3.C25H30N2O2.C24H29N3O4S.C4H9N.C3H7N.2C3H9N.2C2H7N.CH5N.2H2/c1-4-31(5-2)24(33)20-9-7-19(8-10-20)22-17-26(35-23-11-6-18(3)16-21(22)23)12-14-32(15-13-26)25(34)27(28,29)30;1-4-27(5-2)24(28)20-9-7-19(8-10-20)22-17-25(12-14-26-15-13-25)29-23-11-6-18(3)16-21(22)23;1-3-27(4-2)23(28)18-7-5-17(6-8-18)21-16-24(11-13-26-14-12-24)31-22-10-9-19(15-20(21)22)32(25,29)30;5-3-4-1-2-4;4-3-1-2-3;1-3(2)4;1-2-3-4;1-3-2;1-2-3;1-2;;/h6-11,16-17H,4-5,12-15H2,1-3H3;6-11,16-17,26H,4-5,12-15H2,1-3H3;5-10,15-16,26H,3-4,11-14H2,1-2H3,(H2,25,29,30);4H,1-3,5H2;3H,1-2,4H2;3H,4H2,1-2H3;2-4H2,1H3;3H,1-2H3;2-3H2,1H3;2H2,1H3;2*1H. The molecule has 6 heterocycles. The van der Waals surface area contributed by atoms with Crippen molar-refractivity contribution in [1.29, 1.82) is 0 Å². The van der Waals surface area contributed by atoms with Crippen LogP contribution in [0, 0.1) is 19.8 Å². The fourth-order valence-corrected chi connectivity index (χ4v) is 14.5. The Morgan fingerprint density at radius 3 is 1.05 bits per heavy atom. The van der Waals surface area contributed by atoms with Gasteiger partial charge in [0.1, 0.15) is 34.1 Å². The summed E-state index contributed by atoms with van der Waals surface area (Å²) >= 11 is 0. The van der Waals surface area contributed by atoms with Crippen LogP contribution in [0.15, 0.2) is 151 Å². The molecular weight excluding hydrogens is 1560 g/mol. The van der Waals surface area contributed by atoms with Crippen LogP contribution in [0.2, 0.25) is 0 Å². The number of halogens is 3. The SMILES string of the molecule is CC(C)N.CCCN.CCN.CCN(CC)C(=O)c1ccc(C2=CC3(CCN(C(=O)C(F)(F)F)CC3)Oc3ccc(C)cc32)cc1.CCN(CC)C(=O)c1ccc(C2=CC3(CCNCC3)Oc3ccc(C)cc32)cc1.CCN(CC)C(=O)c1ccc(C2=CC3(CCNCC3)Oc3ccc(S(N)(=O)=O)cc32)cc1.CN.CNC.NC1CC1.NCC1CC1.[HH].[HH]. The minimum Gasteiger partial charge on any atom is -0.482 e. The van der Waals surface area contributed by atoms with Crippen molar-refractivity contribution >= 4 is 50.4 Å². The van der Waals surface area contributed by atoms with E-state index < -0.39 is 33.3 Å². The molecule has 6 aliphatic heterocycles. The normalized spacial score (nSPS) is 16.3. The maximum atomic E-state index is 12.9. The van der Waals surface area contributed by atoms with Crippen LogP contribution in [0.5, 0.6) is 17.2 Å². The molecule has 2 aliphatic carbocycles. The number of carbonyl (C=O) groups is 4. The molecule has 3 spiro atoms. The largest absolute Gasteiger partial charge is 0.482 e. The van der Waals surface area contributed by atoms with Gasteiger partial charge in [0, 0.05) is 133 Å². The monoisotopic (exact) mass is 1700 g/mol. The number of nitrogens with one attached hydrogen (secondary N) is 3. The first-order chi connectivity index (χ1) is 57.7. The van der Waals surface area contributed by atoms with Crippen molar-refractivity contribution in [2.75, 3.05) is 119 Å². The van der Waals surface area contributed by atoms with E-state index in [4.69, 9.17) is 48.0 Å². The van der Waals surface area contributed by atoms with Gasteiger partial charge in [0.05, 0.1) is 4.90 Å². The summed E-state index contributed by atoms with van der Waals surface area (Å²) in [7, 11) is 1.40. The van der Waals surface area contributed by atoms with E-state index in [1.165, 1.54) is 49.9 Å². The van der Waals surface area contributed by atoms with Crippen LogP contribution in [0.1, 0.15) is 218 Å². The predicted molar refractivity (Wildman–Crippen MR) is 490 cm³/mol. The Kier molecular flexibility index (Phi) is 42.5. The summed E-state index contributed by atoms with van der Waals surface area (Å²) in [5.41, 5.74) is 41.3. The van der Waals surface area contributed by atoms with Crippen molar-refractivity contribution in [3.8, 4) is 17.2 Å². The smallest absolute Gasteiger partial charge is 0.471 e. The molecule has 6 aromatic rings. The first kappa shape index (κ1) is 103.